The smallest absolute Gasteiger partial charge is 0.146 e. The molecule has 0 aromatic heterocycles. The fourth-order valence-corrected chi connectivity index (χ4v) is 1.36. The zero-order chi connectivity index (χ0) is 11.1. The van der Waals surface area contributed by atoms with Crippen LogP contribution in [0.5, 0.6) is 0 Å². The summed E-state index contributed by atoms with van der Waals surface area (Å²) < 4.78 is 18.3. The second kappa shape index (κ2) is 6.40. The third-order valence-corrected chi connectivity index (χ3v) is 2.22. The zero-order valence-electron chi connectivity index (χ0n) is 9.35. The Morgan fingerprint density at radius 2 is 2.13 bits per heavy atom. The molecule has 0 radical (unpaired) electrons. The first-order valence-electron chi connectivity index (χ1n) is 5.23. The maximum Gasteiger partial charge on any atom is 0.146 e. The van der Waals surface area contributed by atoms with Crippen molar-refractivity contribution >= 4 is 5.69 Å². The van der Waals surface area contributed by atoms with Crippen LogP contribution in [0.15, 0.2) is 18.2 Å². The van der Waals surface area contributed by atoms with Gasteiger partial charge in [0.15, 0.2) is 0 Å². The Morgan fingerprint density at radius 3 is 2.80 bits per heavy atom. The molecule has 3 heteroatoms. The monoisotopic (exact) mass is 211 g/mol. The molecule has 1 aromatic carbocycles. The SMILES string of the molecule is COCCCCNc1ccc(C)cc1F. The highest BCUT2D eigenvalue weighted by atomic mass is 19.1. The van der Waals surface area contributed by atoms with Crippen molar-refractivity contribution in [2.75, 3.05) is 25.6 Å². The lowest BCUT2D eigenvalue weighted by Gasteiger charge is -2.07. The fraction of sp³-hybridized carbons (Fsp3) is 0.500. The van der Waals surface area contributed by atoms with E-state index in [9.17, 15) is 4.39 Å². The van der Waals surface area contributed by atoms with Crippen LogP contribution >= 0.6 is 0 Å². The molecule has 84 valence electrons. The van der Waals surface area contributed by atoms with Gasteiger partial charge in [-0.15, -0.1) is 0 Å². The highest BCUT2D eigenvalue weighted by Crippen LogP contribution is 2.14. The molecule has 0 saturated carbocycles. The van der Waals surface area contributed by atoms with Crippen molar-refractivity contribution in [3.05, 3.63) is 29.6 Å². The molecule has 0 fully saturated rings. The third kappa shape index (κ3) is 4.30. The van der Waals surface area contributed by atoms with Crippen LogP contribution in [0.3, 0.4) is 0 Å². The number of halogens is 1. The maximum absolute atomic E-state index is 13.3. The van der Waals surface area contributed by atoms with Gasteiger partial charge >= 0.3 is 0 Å². The predicted molar refractivity (Wildman–Crippen MR) is 60.7 cm³/mol. The van der Waals surface area contributed by atoms with Gasteiger partial charge in [-0.1, -0.05) is 6.07 Å². The van der Waals surface area contributed by atoms with Gasteiger partial charge in [0.1, 0.15) is 5.82 Å². The molecule has 0 aliphatic carbocycles. The van der Waals surface area contributed by atoms with E-state index in [4.69, 9.17) is 4.74 Å². The number of nitrogens with one attached hydrogen (secondary N) is 1. The molecule has 0 aliphatic rings. The van der Waals surface area contributed by atoms with Crippen LogP contribution in [0.4, 0.5) is 10.1 Å². The molecule has 15 heavy (non-hydrogen) atoms. The summed E-state index contributed by atoms with van der Waals surface area (Å²) >= 11 is 0. The Morgan fingerprint density at radius 1 is 1.33 bits per heavy atom. The molecule has 0 atom stereocenters. The van der Waals surface area contributed by atoms with Crippen LogP contribution in [0.25, 0.3) is 0 Å². The van der Waals surface area contributed by atoms with Gasteiger partial charge in [-0.25, -0.2) is 4.39 Å². The second-order valence-corrected chi connectivity index (χ2v) is 3.61. The van der Waals surface area contributed by atoms with Crippen molar-refractivity contribution in [3.63, 3.8) is 0 Å². The van der Waals surface area contributed by atoms with Crippen molar-refractivity contribution < 1.29 is 9.13 Å². The number of methoxy groups -OCH3 is 1. The molecule has 0 saturated heterocycles. The third-order valence-electron chi connectivity index (χ3n) is 2.22. The van der Waals surface area contributed by atoms with Crippen molar-refractivity contribution in [1.82, 2.24) is 0 Å². The lowest BCUT2D eigenvalue weighted by atomic mass is 10.2. The molecule has 1 rings (SSSR count). The largest absolute Gasteiger partial charge is 0.385 e. The molecule has 0 heterocycles. The molecule has 0 bridgehead atoms. The first-order chi connectivity index (χ1) is 7.24. The van der Waals surface area contributed by atoms with Gasteiger partial charge in [0.05, 0.1) is 5.69 Å². The molecule has 0 unspecified atom stereocenters. The lowest BCUT2D eigenvalue weighted by molar-refractivity contribution is 0.194. The summed E-state index contributed by atoms with van der Waals surface area (Å²) in [6.45, 7) is 3.42. The Hall–Kier alpha value is -1.09. The van der Waals surface area contributed by atoms with Gasteiger partial charge in [-0.3, -0.25) is 0 Å². The Balaban J connectivity index is 2.31. The van der Waals surface area contributed by atoms with E-state index in [1.807, 2.05) is 13.0 Å². The van der Waals surface area contributed by atoms with Crippen LogP contribution in [-0.2, 0) is 4.74 Å². The summed E-state index contributed by atoms with van der Waals surface area (Å²) in [6, 6.07) is 5.22. The molecule has 2 nitrogen and oxygen atoms in total. The summed E-state index contributed by atoms with van der Waals surface area (Å²) in [5, 5.41) is 3.07. The number of benzene rings is 1. The number of unbranched alkanes of at least 4 members (excludes halogenated alkanes) is 1. The highest BCUT2D eigenvalue weighted by Gasteiger charge is 2.00. The molecular formula is C12H18FNO. The van der Waals surface area contributed by atoms with Crippen LogP contribution < -0.4 is 5.32 Å². The van der Waals surface area contributed by atoms with Gasteiger partial charge in [-0.05, 0) is 37.5 Å². The fourth-order valence-electron chi connectivity index (χ4n) is 1.36. The first kappa shape index (κ1) is 12.0. The molecule has 0 aliphatic heterocycles. The van der Waals surface area contributed by atoms with E-state index >= 15 is 0 Å². The number of hydrogen-bond acceptors (Lipinski definition) is 2. The highest BCUT2D eigenvalue weighted by molar-refractivity contribution is 5.45. The average Bonchev–Trinajstić information content (AvgIpc) is 2.20. The van der Waals surface area contributed by atoms with Crippen LogP contribution in [-0.4, -0.2) is 20.3 Å². The normalized spacial score (nSPS) is 10.3. The van der Waals surface area contributed by atoms with Crippen LogP contribution in [0.2, 0.25) is 0 Å². The van der Waals surface area contributed by atoms with E-state index in [0.29, 0.717) is 5.69 Å². The lowest BCUT2D eigenvalue weighted by Crippen LogP contribution is -2.04. The zero-order valence-corrected chi connectivity index (χ0v) is 9.35. The standard InChI is InChI=1S/C12H18FNO/c1-10-5-6-12(11(13)9-10)14-7-3-4-8-15-2/h5-6,9,14H,3-4,7-8H2,1-2H3. The maximum atomic E-state index is 13.3. The molecule has 0 spiro atoms. The minimum Gasteiger partial charge on any atom is -0.385 e. The molecule has 1 N–H and O–H groups in total. The van der Waals surface area contributed by atoms with E-state index in [2.05, 4.69) is 5.32 Å². The quantitative estimate of drug-likeness (QED) is 0.730. The van der Waals surface area contributed by atoms with Gasteiger partial charge in [0.2, 0.25) is 0 Å². The Labute approximate surface area is 90.4 Å². The van der Waals surface area contributed by atoms with E-state index in [0.717, 1.165) is 31.6 Å². The summed E-state index contributed by atoms with van der Waals surface area (Å²) in [4.78, 5) is 0. The van der Waals surface area contributed by atoms with Crippen molar-refractivity contribution in [2.45, 2.75) is 19.8 Å². The van der Waals surface area contributed by atoms with E-state index in [-0.39, 0.29) is 5.82 Å². The minimum absolute atomic E-state index is 0.179. The van der Waals surface area contributed by atoms with E-state index < -0.39 is 0 Å². The summed E-state index contributed by atoms with van der Waals surface area (Å²) in [6.07, 6.45) is 1.98. The Bertz CT molecular complexity index is 302. The number of aryl methyl sites for hydroxylation is 1. The topological polar surface area (TPSA) is 21.3 Å². The second-order valence-electron chi connectivity index (χ2n) is 3.61. The summed E-state index contributed by atoms with van der Waals surface area (Å²) in [5.74, 6) is -0.179. The summed E-state index contributed by atoms with van der Waals surface area (Å²) in [7, 11) is 1.69. The molecule has 1 aromatic rings. The first-order valence-corrected chi connectivity index (χ1v) is 5.23. The molecular weight excluding hydrogens is 193 g/mol. The van der Waals surface area contributed by atoms with E-state index in [1.54, 1.807) is 13.2 Å². The van der Waals surface area contributed by atoms with Crippen molar-refractivity contribution in [1.29, 1.82) is 0 Å². The molecule has 0 amide bonds. The number of hydrogen-bond donors (Lipinski definition) is 1. The van der Waals surface area contributed by atoms with Gasteiger partial charge in [-0.2, -0.15) is 0 Å². The predicted octanol–water partition coefficient (Wildman–Crippen LogP) is 2.97. The number of ether oxygens (including phenoxy) is 1. The minimum atomic E-state index is -0.179. The average molecular weight is 211 g/mol. The van der Waals surface area contributed by atoms with Crippen molar-refractivity contribution in [2.24, 2.45) is 0 Å². The number of rotatable bonds is 6. The van der Waals surface area contributed by atoms with E-state index in [1.165, 1.54) is 6.07 Å². The van der Waals surface area contributed by atoms with Gasteiger partial charge in [0, 0.05) is 20.3 Å². The number of anilines is 1. The van der Waals surface area contributed by atoms with Gasteiger partial charge < -0.3 is 10.1 Å². The Kier molecular flexibility index (Phi) is 5.12. The van der Waals surface area contributed by atoms with Gasteiger partial charge in [0.25, 0.3) is 0 Å². The van der Waals surface area contributed by atoms with Crippen molar-refractivity contribution in [3.8, 4) is 0 Å². The van der Waals surface area contributed by atoms with Crippen LogP contribution in [0, 0.1) is 12.7 Å². The van der Waals surface area contributed by atoms with Crippen LogP contribution in [0.1, 0.15) is 18.4 Å². The summed E-state index contributed by atoms with van der Waals surface area (Å²) in [5.41, 5.74) is 1.52.